The van der Waals surface area contributed by atoms with E-state index in [1.165, 1.54) is 0 Å². The first-order chi connectivity index (χ1) is 9.34. The van der Waals surface area contributed by atoms with Gasteiger partial charge in [0.15, 0.2) is 0 Å². The van der Waals surface area contributed by atoms with Crippen LogP contribution in [0.5, 0.6) is 0 Å². The van der Waals surface area contributed by atoms with Crippen LogP contribution in [0.15, 0.2) is 17.1 Å². The topological polar surface area (TPSA) is 59.4 Å². The zero-order valence-electron chi connectivity index (χ0n) is 11.0. The van der Waals surface area contributed by atoms with Crippen LogP contribution in [0.3, 0.4) is 0 Å². The predicted molar refractivity (Wildman–Crippen MR) is 72.7 cm³/mol. The highest BCUT2D eigenvalue weighted by Gasteiger charge is 2.18. The van der Waals surface area contributed by atoms with Crippen molar-refractivity contribution in [3.8, 4) is 0 Å². The minimum atomic E-state index is -0.00214. The van der Waals surface area contributed by atoms with Crippen LogP contribution in [0.2, 0.25) is 0 Å². The molecule has 0 saturated carbocycles. The van der Waals surface area contributed by atoms with Crippen molar-refractivity contribution in [3.05, 3.63) is 22.6 Å². The molecular weight excluding hydrogens is 244 g/mol. The van der Waals surface area contributed by atoms with Crippen molar-refractivity contribution in [3.63, 3.8) is 0 Å². The maximum absolute atomic E-state index is 12.2. The first-order valence-corrected chi connectivity index (χ1v) is 6.97. The van der Waals surface area contributed by atoms with Gasteiger partial charge in [0.1, 0.15) is 0 Å². The molecule has 0 radical (unpaired) electrons. The van der Waals surface area contributed by atoms with Crippen molar-refractivity contribution in [1.82, 2.24) is 15.1 Å². The normalized spacial score (nSPS) is 24.4. The molecule has 2 fully saturated rings. The molecule has 2 aliphatic heterocycles. The standard InChI is InChI=1S/C13H20N4O2/c18-13-8-12(16-4-6-19-7-5-16)10-15-17(13)11-2-1-3-14-9-11/h8,10-11,14H,1-7,9H2/t11-/m0/s1. The van der Waals surface area contributed by atoms with Crippen LogP contribution in [0, 0.1) is 0 Å². The van der Waals surface area contributed by atoms with E-state index in [-0.39, 0.29) is 11.6 Å². The second-order valence-corrected chi connectivity index (χ2v) is 5.10. The van der Waals surface area contributed by atoms with Gasteiger partial charge in [-0.3, -0.25) is 4.79 Å². The molecule has 3 rings (SSSR count). The summed E-state index contributed by atoms with van der Waals surface area (Å²) in [5.41, 5.74) is 0.908. The number of rotatable bonds is 2. The fraction of sp³-hybridized carbons (Fsp3) is 0.692. The fourth-order valence-corrected chi connectivity index (χ4v) is 2.72. The van der Waals surface area contributed by atoms with Gasteiger partial charge in [-0.25, -0.2) is 4.68 Å². The molecule has 1 N–H and O–H groups in total. The van der Waals surface area contributed by atoms with E-state index < -0.39 is 0 Å². The monoisotopic (exact) mass is 264 g/mol. The summed E-state index contributed by atoms with van der Waals surface area (Å²) in [6.45, 7) is 4.97. The molecule has 0 amide bonds. The minimum absolute atomic E-state index is 0.00214. The summed E-state index contributed by atoms with van der Waals surface area (Å²) in [7, 11) is 0. The summed E-state index contributed by atoms with van der Waals surface area (Å²) in [6, 6.07) is 1.90. The molecule has 0 bridgehead atoms. The number of ether oxygens (including phenoxy) is 1. The average Bonchev–Trinajstić information content (AvgIpc) is 2.49. The Morgan fingerprint density at radius 1 is 1.37 bits per heavy atom. The molecule has 2 aliphatic rings. The third-order valence-corrected chi connectivity index (χ3v) is 3.80. The number of morpholine rings is 1. The molecule has 0 unspecified atom stereocenters. The van der Waals surface area contributed by atoms with Crippen molar-refractivity contribution < 1.29 is 4.74 Å². The Bertz CT molecular complexity index is 476. The molecule has 6 heteroatoms. The van der Waals surface area contributed by atoms with E-state index in [0.29, 0.717) is 0 Å². The highest BCUT2D eigenvalue weighted by molar-refractivity contribution is 5.43. The molecule has 0 aromatic carbocycles. The van der Waals surface area contributed by atoms with E-state index in [1.54, 1.807) is 16.9 Å². The lowest BCUT2D eigenvalue weighted by Gasteiger charge is -2.29. The Balaban J connectivity index is 1.78. The number of nitrogens with one attached hydrogen (secondary N) is 1. The third kappa shape index (κ3) is 2.79. The quantitative estimate of drug-likeness (QED) is 0.815. The molecule has 3 heterocycles. The Morgan fingerprint density at radius 3 is 2.89 bits per heavy atom. The van der Waals surface area contributed by atoms with Crippen LogP contribution in [0.4, 0.5) is 5.69 Å². The molecular formula is C13H20N4O2. The van der Waals surface area contributed by atoms with E-state index >= 15 is 0 Å². The first-order valence-electron chi connectivity index (χ1n) is 6.97. The summed E-state index contributed by atoms with van der Waals surface area (Å²) in [5.74, 6) is 0. The number of hydrogen-bond donors (Lipinski definition) is 1. The van der Waals surface area contributed by atoms with Gasteiger partial charge in [-0.1, -0.05) is 0 Å². The SMILES string of the molecule is O=c1cc(N2CCOCC2)cnn1[C@H]1CCCNC1. The van der Waals surface area contributed by atoms with Gasteiger partial charge in [-0.05, 0) is 19.4 Å². The maximum Gasteiger partial charge on any atom is 0.269 e. The van der Waals surface area contributed by atoms with Crippen LogP contribution < -0.4 is 15.8 Å². The molecule has 0 aliphatic carbocycles. The van der Waals surface area contributed by atoms with E-state index in [0.717, 1.165) is 57.9 Å². The van der Waals surface area contributed by atoms with E-state index in [1.807, 2.05) is 0 Å². The van der Waals surface area contributed by atoms with Crippen LogP contribution in [-0.2, 0) is 4.74 Å². The highest BCUT2D eigenvalue weighted by Crippen LogP contribution is 2.15. The van der Waals surface area contributed by atoms with E-state index in [9.17, 15) is 4.79 Å². The highest BCUT2D eigenvalue weighted by atomic mass is 16.5. The Morgan fingerprint density at radius 2 is 2.21 bits per heavy atom. The Labute approximate surface area is 112 Å². The summed E-state index contributed by atoms with van der Waals surface area (Å²) < 4.78 is 6.94. The molecule has 2 saturated heterocycles. The second kappa shape index (κ2) is 5.71. The predicted octanol–water partition coefficient (Wildman–Crippen LogP) is 0.00440. The van der Waals surface area contributed by atoms with Crippen molar-refractivity contribution in [1.29, 1.82) is 0 Å². The Hall–Kier alpha value is -1.40. The molecule has 1 aromatic rings. The van der Waals surface area contributed by atoms with Crippen molar-refractivity contribution in [2.75, 3.05) is 44.3 Å². The summed E-state index contributed by atoms with van der Waals surface area (Å²) in [4.78, 5) is 14.4. The van der Waals surface area contributed by atoms with Gasteiger partial charge in [-0.15, -0.1) is 0 Å². The number of anilines is 1. The molecule has 6 nitrogen and oxygen atoms in total. The smallest absolute Gasteiger partial charge is 0.269 e. The maximum atomic E-state index is 12.2. The number of hydrogen-bond acceptors (Lipinski definition) is 5. The van der Waals surface area contributed by atoms with E-state index in [4.69, 9.17) is 4.74 Å². The van der Waals surface area contributed by atoms with Crippen LogP contribution >= 0.6 is 0 Å². The van der Waals surface area contributed by atoms with Crippen molar-refractivity contribution in [2.45, 2.75) is 18.9 Å². The molecule has 1 atom stereocenters. The van der Waals surface area contributed by atoms with E-state index in [2.05, 4.69) is 15.3 Å². The average molecular weight is 264 g/mol. The molecule has 0 spiro atoms. The zero-order chi connectivity index (χ0) is 13.1. The lowest BCUT2D eigenvalue weighted by molar-refractivity contribution is 0.122. The van der Waals surface area contributed by atoms with Gasteiger partial charge >= 0.3 is 0 Å². The second-order valence-electron chi connectivity index (χ2n) is 5.10. The van der Waals surface area contributed by atoms with Gasteiger partial charge in [0.2, 0.25) is 0 Å². The number of aromatic nitrogens is 2. The minimum Gasteiger partial charge on any atom is -0.378 e. The zero-order valence-corrected chi connectivity index (χ0v) is 11.0. The number of nitrogens with zero attached hydrogens (tertiary/aromatic N) is 3. The summed E-state index contributed by atoms with van der Waals surface area (Å²) in [5, 5.41) is 7.67. The third-order valence-electron chi connectivity index (χ3n) is 3.80. The Kier molecular flexibility index (Phi) is 3.79. The van der Waals surface area contributed by atoms with Gasteiger partial charge in [0.05, 0.1) is 31.1 Å². The first kappa shape index (κ1) is 12.6. The summed E-state index contributed by atoms with van der Waals surface area (Å²) in [6.07, 6.45) is 3.93. The van der Waals surface area contributed by atoms with Crippen LogP contribution in [0.1, 0.15) is 18.9 Å². The van der Waals surface area contributed by atoms with Gasteiger partial charge in [0.25, 0.3) is 5.56 Å². The van der Waals surface area contributed by atoms with Gasteiger partial charge < -0.3 is 15.0 Å². The molecule has 19 heavy (non-hydrogen) atoms. The number of piperidine rings is 1. The van der Waals surface area contributed by atoms with Crippen LogP contribution in [0.25, 0.3) is 0 Å². The molecule has 104 valence electrons. The summed E-state index contributed by atoms with van der Waals surface area (Å²) >= 11 is 0. The largest absolute Gasteiger partial charge is 0.378 e. The van der Waals surface area contributed by atoms with Crippen LogP contribution in [-0.4, -0.2) is 49.2 Å². The molecule has 1 aromatic heterocycles. The lowest BCUT2D eigenvalue weighted by atomic mass is 10.1. The van der Waals surface area contributed by atoms with Crippen molar-refractivity contribution >= 4 is 5.69 Å². The van der Waals surface area contributed by atoms with Gasteiger partial charge in [0, 0.05) is 25.7 Å². The van der Waals surface area contributed by atoms with Crippen molar-refractivity contribution in [2.24, 2.45) is 0 Å². The van der Waals surface area contributed by atoms with Gasteiger partial charge in [-0.2, -0.15) is 5.10 Å². The fourth-order valence-electron chi connectivity index (χ4n) is 2.72. The lowest BCUT2D eigenvalue weighted by Crippen LogP contribution is -2.40.